The summed E-state index contributed by atoms with van der Waals surface area (Å²) in [5, 5.41) is 3.15. The summed E-state index contributed by atoms with van der Waals surface area (Å²) < 4.78 is 10.4. The molecule has 1 amide bonds. The first-order valence-electron chi connectivity index (χ1n) is 9.72. The minimum atomic E-state index is -1.51. The summed E-state index contributed by atoms with van der Waals surface area (Å²) >= 11 is 6.08. The van der Waals surface area contributed by atoms with Gasteiger partial charge in [0.15, 0.2) is 5.41 Å². The van der Waals surface area contributed by atoms with E-state index in [0.29, 0.717) is 17.1 Å². The van der Waals surface area contributed by atoms with E-state index >= 15 is 0 Å². The molecular weight excluding hydrogens is 382 g/mol. The van der Waals surface area contributed by atoms with Crippen molar-refractivity contribution < 1.29 is 23.9 Å². The molecule has 1 aromatic carbocycles. The summed E-state index contributed by atoms with van der Waals surface area (Å²) in [4.78, 5) is 38.3. The maximum atomic E-state index is 12.8. The highest BCUT2D eigenvalue weighted by Crippen LogP contribution is 2.39. The summed E-state index contributed by atoms with van der Waals surface area (Å²) in [5.74, 6) is -2.23. The van der Waals surface area contributed by atoms with E-state index in [1.807, 2.05) is 6.92 Å². The lowest BCUT2D eigenvalue weighted by Gasteiger charge is -2.34. The number of para-hydroxylation sites is 1. The summed E-state index contributed by atoms with van der Waals surface area (Å²) in [7, 11) is 0. The van der Waals surface area contributed by atoms with Crippen molar-refractivity contribution in [1.29, 1.82) is 0 Å². The number of nitrogens with one attached hydrogen (secondary N) is 1. The first kappa shape index (κ1) is 24.0. The van der Waals surface area contributed by atoms with Crippen LogP contribution in [0.15, 0.2) is 24.3 Å². The van der Waals surface area contributed by atoms with Gasteiger partial charge in [0, 0.05) is 6.42 Å². The van der Waals surface area contributed by atoms with Crippen LogP contribution in [0.25, 0.3) is 0 Å². The molecule has 0 radical (unpaired) electrons. The van der Waals surface area contributed by atoms with Crippen LogP contribution < -0.4 is 5.32 Å². The zero-order valence-corrected chi connectivity index (χ0v) is 17.8. The number of amides is 1. The Bertz CT molecular complexity index is 659. The monoisotopic (exact) mass is 411 g/mol. The molecule has 7 heteroatoms. The van der Waals surface area contributed by atoms with Crippen LogP contribution in [0.4, 0.5) is 5.69 Å². The number of carbonyl (C=O) groups is 3. The highest BCUT2D eigenvalue weighted by atomic mass is 35.5. The molecule has 6 nitrogen and oxygen atoms in total. The Kier molecular flexibility index (Phi) is 10.0. The summed E-state index contributed by atoms with van der Waals surface area (Å²) in [5.41, 5.74) is -1.03. The van der Waals surface area contributed by atoms with Gasteiger partial charge in [0.1, 0.15) is 0 Å². The second-order valence-corrected chi connectivity index (χ2v) is 7.06. The lowest BCUT2D eigenvalue weighted by atomic mass is 9.71. The van der Waals surface area contributed by atoms with Gasteiger partial charge in [-0.15, -0.1) is 0 Å². The van der Waals surface area contributed by atoms with E-state index < -0.39 is 23.3 Å². The van der Waals surface area contributed by atoms with Gasteiger partial charge in [0.25, 0.3) is 0 Å². The molecule has 1 atom stereocenters. The van der Waals surface area contributed by atoms with Crippen LogP contribution in [0.1, 0.15) is 53.4 Å². The van der Waals surface area contributed by atoms with Crippen molar-refractivity contribution >= 4 is 35.1 Å². The number of rotatable bonds is 11. The minimum Gasteiger partial charge on any atom is -0.465 e. The number of halogens is 1. The highest BCUT2D eigenvalue weighted by Gasteiger charge is 2.52. The van der Waals surface area contributed by atoms with Crippen molar-refractivity contribution in [2.45, 2.75) is 53.4 Å². The molecule has 0 saturated heterocycles. The number of carbonyl (C=O) groups excluding carboxylic acids is 3. The standard InChI is InChI=1S/C21H30ClNO5/c1-5-8-13-21(19(25)27-6-2,20(26)28-7-3)15(4)14-18(24)23-17-12-10-9-11-16(17)22/h9-12,15H,5-8,13-14H2,1-4H3,(H,23,24). The normalized spacial score (nSPS) is 12.2. The van der Waals surface area contributed by atoms with E-state index in [4.69, 9.17) is 21.1 Å². The van der Waals surface area contributed by atoms with Crippen LogP contribution >= 0.6 is 11.6 Å². The molecule has 0 heterocycles. The molecule has 0 aliphatic rings. The van der Waals surface area contributed by atoms with Gasteiger partial charge in [0.2, 0.25) is 5.91 Å². The molecule has 1 rings (SSSR count). The molecule has 28 heavy (non-hydrogen) atoms. The van der Waals surface area contributed by atoms with E-state index in [-0.39, 0.29) is 32.0 Å². The summed E-state index contributed by atoms with van der Waals surface area (Å²) in [6, 6.07) is 6.88. The molecule has 0 aliphatic carbocycles. The van der Waals surface area contributed by atoms with Crippen molar-refractivity contribution in [3.8, 4) is 0 Å². The van der Waals surface area contributed by atoms with E-state index in [2.05, 4.69) is 5.32 Å². The van der Waals surface area contributed by atoms with Crippen LogP contribution in [0, 0.1) is 11.3 Å². The van der Waals surface area contributed by atoms with Gasteiger partial charge in [-0.3, -0.25) is 14.4 Å². The lowest BCUT2D eigenvalue weighted by molar-refractivity contribution is -0.177. The molecule has 156 valence electrons. The van der Waals surface area contributed by atoms with Crippen molar-refractivity contribution in [3.63, 3.8) is 0 Å². The van der Waals surface area contributed by atoms with E-state index in [9.17, 15) is 14.4 Å². The average molecular weight is 412 g/mol. The van der Waals surface area contributed by atoms with Crippen molar-refractivity contribution in [3.05, 3.63) is 29.3 Å². The molecule has 0 fully saturated rings. The van der Waals surface area contributed by atoms with Gasteiger partial charge in [0.05, 0.1) is 23.9 Å². The van der Waals surface area contributed by atoms with Gasteiger partial charge < -0.3 is 14.8 Å². The first-order valence-corrected chi connectivity index (χ1v) is 10.1. The van der Waals surface area contributed by atoms with Crippen molar-refractivity contribution in [2.24, 2.45) is 11.3 Å². The molecule has 0 bridgehead atoms. The number of ether oxygens (including phenoxy) is 2. The largest absolute Gasteiger partial charge is 0.465 e. The average Bonchev–Trinajstić information content (AvgIpc) is 2.64. The van der Waals surface area contributed by atoms with Gasteiger partial charge in [-0.2, -0.15) is 0 Å². The minimum absolute atomic E-state index is 0.0490. The van der Waals surface area contributed by atoms with E-state index in [0.717, 1.165) is 6.42 Å². The van der Waals surface area contributed by atoms with Crippen molar-refractivity contribution in [2.75, 3.05) is 18.5 Å². The fraction of sp³-hybridized carbons (Fsp3) is 0.571. The highest BCUT2D eigenvalue weighted by molar-refractivity contribution is 6.33. The van der Waals surface area contributed by atoms with Gasteiger partial charge in [-0.1, -0.05) is 50.4 Å². The quantitative estimate of drug-likeness (QED) is 0.424. The summed E-state index contributed by atoms with van der Waals surface area (Å²) in [6.45, 7) is 7.33. The van der Waals surface area contributed by atoms with Crippen LogP contribution in [-0.2, 0) is 23.9 Å². The smallest absolute Gasteiger partial charge is 0.323 e. The maximum absolute atomic E-state index is 12.8. The lowest BCUT2D eigenvalue weighted by Crippen LogP contribution is -2.48. The van der Waals surface area contributed by atoms with Gasteiger partial charge in [-0.05, 0) is 38.3 Å². The van der Waals surface area contributed by atoms with Gasteiger partial charge >= 0.3 is 11.9 Å². The molecule has 1 N–H and O–H groups in total. The van der Waals surface area contributed by atoms with Gasteiger partial charge in [-0.25, -0.2) is 0 Å². The zero-order chi connectivity index (χ0) is 21.2. The van der Waals surface area contributed by atoms with Crippen LogP contribution in [0.2, 0.25) is 5.02 Å². The Balaban J connectivity index is 3.11. The SMILES string of the molecule is CCCCC(C(=O)OCC)(C(=O)OCC)C(C)CC(=O)Nc1ccccc1Cl. The third-order valence-corrected chi connectivity index (χ3v) is 5.01. The van der Waals surface area contributed by atoms with Crippen LogP contribution in [0.5, 0.6) is 0 Å². The molecule has 0 aromatic heterocycles. The number of hydrogen-bond donors (Lipinski definition) is 1. The summed E-state index contributed by atoms with van der Waals surface area (Å²) in [6.07, 6.45) is 1.64. The number of benzene rings is 1. The zero-order valence-electron chi connectivity index (χ0n) is 17.0. The number of anilines is 1. The molecule has 1 aromatic rings. The molecule has 0 saturated carbocycles. The number of esters is 2. The Morgan fingerprint density at radius 1 is 1.07 bits per heavy atom. The van der Waals surface area contributed by atoms with E-state index in [1.165, 1.54) is 0 Å². The Morgan fingerprint density at radius 2 is 1.64 bits per heavy atom. The maximum Gasteiger partial charge on any atom is 0.323 e. The predicted octanol–water partition coefficient (Wildman–Crippen LogP) is 4.61. The number of hydrogen-bond acceptors (Lipinski definition) is 5. The third-order valence-electron chi connectivity index (χ3n) is 4.68. The Labute approximate surface area is 171 Å². The predicted molar refractivity (Wildman–Crippen MR) is 109 cm³/mol. The topological polar surface area (TPSA) is 81.7 Å². The second kappa shape index (κ2) is 11.7. The Morgan fingerprint density at radius 3 is 2.14 bits per heavy atom. The fourth-order valence-electron chi connectivity index (χ4n) is 3.13. The first-order chi connectivity index (χ1) is 13.3. The second-order valence-electron chi connectivity index (χ2n) is 6.65. The fourth-order valence-corrected chi connectivity index (χ4v) is 3.31. The van der Waals surface area contributed by atoms with Crippen LogP contribution in [0.3, 0.4) is 0 Å². The van der Waals surface area contributed by atoms with E-state index in [1.54, 1.807) is 45.0 Å². The molecule has 1 unspecified atom stereocenters. The van der Waals surface area contributed by atoms with Crippen molar-refractivity contribution in [1.82, 2.24) is 0 Å². The third kappa shape index (κ3) is 5.96. The number of unbranched alkanes of at least 4 members (excludes halogenated alkanes) is 1. The molecular formula is C21H30ClNO5. The molecule has 0 aliphatic heterocycles. The van der Waals surface area contributed by atoms with Crippen LogP contribution in [-0.4, -0.2) is 31.1 Å². The molecule has 0 spiro atoms. The Hall–Kier alpha value is -2.08.